The highest BCUT2D eigenvalue weighted by molar-refractivity contribution is 5.39. The molecule has 0 aromatic heterocycles. The average Bonchev–Trinajstić information content (AvgIpc) is 2.93. The molecular weight excluding hydrogens is 238 g/mol. The molecule has 104 valence electrons. The SMILES string of the molecule is NC(CCc1ccc2c(c1)CCO2)C1CCOCC1. The Kier molecular flexibility index (Phi) is 4.04. The highest BCUT2D eigenvalue weighted by Crippen LogP contribution is 2.27. The summed E-state index contributed by atoms with van der Waals surface area (Å²) < 4.78 is 10.9. The number of nitrogens with two attached hydrogens (primary N) is 1. The lowest BCUT2D eigenvalue weighted by atomic mass is 9.88. The van der Waals surface area contributed by atoms with Gasteiger partial charge in [0, 0.05) is 25.7 Å². The lowest BCUT2D eigenvalue weighted by molar-refractivity contribution is 0.0576. The van der Waals surface area contributed by atoms with Crippen LogP contribution in [-0.2, 0) is 17.6 Å². The Balaban J connectivity index is 1.53. The van der Waals surface area contributed by atoms with Crippen molar-refractivity contribution < 1.29 is 9.47 Å². The van der Waals surface area contributed by atoms with E-state index in [1.807, 2.05) is 0 Å². The molecule has 0 radical (unpaired) electrons. The van der Waals surface area contributed by atoms with Gasteiger partial charge >= 0.3 is 0 Å². The van der Waals surface area contributed by atoms with E-state index in [-0.39, 0.29) is 0 Å². The van der Waals surface area contributed by atoms with Crippen molar-refractivity contribution in [3.05, 3.63) is 29.3 Å². The van der Waals surface area contributed by atoms with Crippen LogP contribution in [0.2, 0.25) is 0 Å². The molecular formula is C16H23NO2. The van der Waals surface area contributed by atoms with Crippen molar-refractivity contribution in [1.82, 2.24) is 0 Å². The van der Waals surface area contributed by atoms with E-state index < -0.39 is 0 Å². The third kappa shape index (κ3) is 3.10. The Morgan fingerprint density at radius 2 is 2.05 bits per heavy atom. The van der Waals surface area contributed by atoms with E-state index in [1.165, 1.54) is 11.1 Å². The maximum Gasteiger partial charge on any atom is 0.122 e. The van der Waals surface area contributed by atoms with Gasteiger partial charge in [0.25, 0.3) is 0 Å². The molecule has 0 spiro atoms. The van der Waals surface area contributed by atoms with E-state index in [4.69, 9.17) is 15.2 Å². The fraction of sp³-hybridized carbons (Fsp3) is 0.625. The Hall–Kier alpha value is -1.06. The molecule has 2 N–H and O–H groups in total. The van der Waals surface area contributed by atoms with E-state index in [1.54, 1.807) is 0 Å². The van der Waals surface area contributed by atoms with Gasteiger partial charge in [0.05, 0.1) is 6.61 Å². The van der Waals surface area contributed by atoms with Crippen LogP contribution in [0.1, 0.15) is 30.4 Å². The molecule has 0 aliphatic carbocycles. The summed E-state index contributed by atoms with van der Waals surface area (Å²) in [6.07, 6.45) is 5.45. The number of hydrogen-bond acceptors (Lipinski definition) is 3. The predicted molar refractivity (Wildman–Crippen MR) is 75.5 cm³/mol. The monoisotopic (exact) mass is 261 g/mol. The normalized spacial score (nSPS) is 20.9. The third-order valence-electron chi connectivity index (χ3n) is 4.39. The van der Waals surface area contributed by atoms with Crippen LogP contribution >= 0.6 is 0 Å². The molecule has 1 unspecified atom stereocenters. The fourth-order valence-corrected chi connectivity index (χ4v) is 3.11. The van der Waals surface area contributed by atoms with Gasteiger partial charge in [-0.25, -0.2) is 0 Å². The smallest absolute Gasteiger partial charge is 0.122 e. The lowest BCUT2D eigenvalue weighted by Crippen LogP contribution is -2.34. The van der Waals surface area contributed by atoms with Gasteiger partial charge in [-0.15, -0.1) is 0 Å². The summed E-state index contributed by atoms with van der Waals surface area (Å²) in [5, 5.41) is 0. The zero-order chi connectivity index (χ0) is 13.1. The fourth-order valence-electron chi connectivity index (χ4n) is 3.11. The molecule has 3 heteroatoms. The van der Waals surface area contributed by atoms with Gasteiger partial charge in [-0.2, -0.15) is 0 Å². The second-order valence-corrected chi connectivity index (χ2v) is 5.69. The zero-order valence-electron chi connectivity index (χ0n) is 11.4. The lowest BCUT2D eigenvalue weighted by Gasteiger charge is -2.27. The molecule has 0 saturated carbocycles. The first-order valence-corrected chi connectivity index (χ1v) is 7.41. The van der Waals surface area contributed by atoms with Crippen LogP contribution < -0.4 is 10.5 Å². The summed E-state index contributed by atoms with van der Waals surface area (Å²) in [6, 6.07) is 6.89. The van der Waals surface area contributed by atoms with Crippen molar-refractivity contribution in [3.63, 3.8) is 0 Å². The van der Waals surface area contributed by atoms with Crippen LogP contribution in [-0.4, -0.2) is 25.9 Å². The Morgan fingerprint density at radius 3 is 2.89 bits per heavy atom. The number of hydrogen-bond donors (Lipinski definition) is 1. The van der Waals surface area contributed by atoms with E-state index in [2.05, 4.69) is 18.2 Å². The van der Waals surface area contributed by atoms with Crippen molar-refractivity contribution in [1.29, 1.82) is 0 Å². The second kappa shape index (κ2) is 5.93. The summed E-state index contributed by atoms with van der Waals surface area (Å²) in [7, 11) is 0. The number of benzene rings is 1. The van der Waals surface area contributed by atoms with Gasteiger partial charge in [-0.1, -0.05) is 12.1 Å². The van der Waals surface area contributed by atoms with Crippen molar-refractivity contribution in [2.45, 2.75) is 38.1 Å². The number of aryl methyl sites for hydroxylation is 1. The average molecular weight is 261 g/mol. The second-order valence-electron chi connectivity index (χ2n) is 5.69. The minimum atomic E-state index is 0.313. The topological polar surface area (TPSA) is 44.5 Å². The molecule has 1 fully saturated rings. The molecule has 1 atom stereocenters. The van der Waals surface area contributed by atoms with Crippen LogP contribution in [0.25, 0.3) is 0 Å². The van der Waals surface area contributed by atoms with Crippen molar-refractivity contribution in [2.24, 2.45) is 11.7 Å². The Morgan fingerprint density at radius 1 is 1.21 bits per heavy atom. The van der Waals surface area contributed by atoms with Gasteiger partial charge in [-0.3, -0.25) is 0 Å². The minimum Gasteiger partial charge on any atom is -0.493 e. The Bertz CT molecular complexity index is 427. The molecule has 0 bridgehead atoms. The molecule has 1 aromatic carbocycles. The predicted octanol–water partition coefficient (Wildman–Crippen LogP) is 2.31. The molecule has 1 saturated heterocycles. The molecule has 2 heterocycles. The minimum absolute atomic E-state index is 0.313. The molecule has 2 aliphatic heterocycles. The van der Waals surface area contributed by atoms with E-state index in [0.29, 0.717) is 12.0 Å². The molecule has 2 aliphatic rings. The largest absolute Gasteiger partial charge is 0.493 e. The first kappa shape index (κ1) is 12.9. The summed E-state index contributed by atoms with van der Waals surface area (Å²) in [4.78, 5) is 0. The summed E-state index contributed by atoms with van der Waals surface area (Å²) in [6.45, 7) is 2.60. The summed E-state index contributed by atoms with van der Waals surface area (Å²) >= 11 is 0. The molecule has 3 nitrogen and oxygen atoms in total. The van der Waals surface area contributed by atoms with Crippen molar-refractivity contribution >= 4 is 0 Å². The van der Waals surface area contributed by atoms with E-state index in [0.717, 1.165) is 57.7 Å². The maximum absolute atomic E-state index is 6.33. The van der Waals surface area contributed by atoms with E-state index >= 15 is 0 Å². The number of fused-ring (bicyclic) bond motifs is 1. The quantitative estimate of drug-likeness (QED) is 0.904. The molecule has 3 rings (SSSR count). The highest BCUT2D eigenvalue weighted by Gasteiger charge is 2.21. The number of ether oxygens (including phenoxy) is 2. The van der Waals surface area contributed by atoms with Crippen molar-refractivity contribution in [2.75, 3.05) is 19.8 Å². The van der Waals surface area contributed by atoms with E-state index in [9.17, 15) is 0 Å². The summed E-state index contributed by atoms with van der Waals surface area (Å²) in [5.74, 6) is 1.71. The van der Waals surface area contributed by atoms with Crippen LogP contribution in [0.15, 0.2) is 18.2 Å². The van der Waals surface area contributed by atoms with Gasteiger partial charge in [0.2, 0.25) is 0 Å². The third-order valence-corrected chi connectivity index (χ3v) is 4.39. The van der Waals surface area contributed by atoms with Gasteiger partial charge in [0.1, 0.15) is 5.75 Å². The van der Waals surface area contributed by atoms with Crippen LogP contribution in [0.4, 0.5) is 0 Å². The molecule has 1 aromatic rings. The van der Waals surface area contributed by atoms with Gasteiger partial charge in [0.15, 0.2) is 0 Å². The van der Waals surface area contributed by atoms with Crippen LogP contribution in [0.3, 0.4) is 0 Å². The van der Waals surface area contributed by atoms with Gasteiger partial charge in [-0.05, 0) is 48.8 Å². The van der Waals surface area contributed by atoms with Gasteiger partial charge < -0.3 is 15.2 Å². The maximum atomic E-state index is 6.33. The van der Waals surface area contributed by atoms with Crippen LogP contribution in [0.5, 0.6) is 5.75 Å². The Labute approximate surface area is 115 Å². The van der Waals surface area contributed by atoms with Crippen LogP contribution in [0, 0.1) is 5.92 Å². The molecule has 0 amide bonds. The first-order chi connectivity index (χ1) is 9.33. The summed E-state index contributed by atoms with van der Waals surface area (Å²) in [5.41, 5.74) is 9.08. The first-order valence-electron chi connectivity index (χ1n) is 7.41. The standard InChI is InChI=1S/C16H23NO2/c17-15(13-5-8-18-9-6-13)3-1-12-2-4-16-14(11-12)7-10-19-16/h2,4,11,13,15H,1,3,5-10,17H2. The molecule has 19 heavy (non-hydrogen) atoms. The van der Waals surface area contributed by atoms with Crippen molar-refractivity contribution in [3.8, 4) is 5.75 Å². The highest BCUT2D eigenvalue weighted by atomic mass is 16.5. The number of rotatable bonds is 4. The zero-order valence-corrected chi connectivity index (χ0v) is 11.4.